The summed E-state index contributed by atoms with van der Waals surface area (Å²) in [5.41, 5.74) is 0. The second-order valence-corrected chi connectivity index (χ2v) is 3.28. The van der Waals surface area contributed by atoms with Crippen LogP contribution in [0.3, 0.4) is 0 Å². The summed E-state index contributed by atoms with van der Waals surface area (Å²) < 4.78 is 26.5. The van der Waals surface area contributed by atoms with E-state index in [1.54, 1.807) is 0 Å². The maximum Gasteiger partial charge on any atom is 0.376 e. The molecular formula is C6H5BrF2N2O2. The summed E-state index contributed by atoms with van der Waals surface area (Å²) in [6.45, 7) is -0.964. The highest BCUT2D eigenvalue weighted by Crippen LogP contribution is 2.17. The van der Waals surface area contributed by atoms with Crippen molar-refractivity contribution < 1.29 is 18.7 Å². The van der Waals surface area contributed by atoms with Crippen LogP contribution in [0.2, 0.25) is 0 Å². The zero-order chi connectivity index (χ0) is 10.1. The Hall–Kier alpha value is -0.980. The number of carboxylic acids is 1. The van der Waals surface area contributed by atoms with E-state index in [2.05, 4.69) is 21.0 Å². The van der Waals surface area contributed by atoms with Crippen molar-refractivity contribution in [3.8, 4) is 0 Å². The van der Waals surface area contributed by atoms with E-state index in [1.807, 2.05) is 0 Å². The summed E-state index contributed by atoms with van der Waals surface area (Å²) in [5.74, 6) is -5.94. The number of hydrogen-bond donors (Lipinski definition) is 1. The molecule has 1 heterocycles. The fourth-order valence-electron chi connectivity index (χ4n) is 0.696. The highest BCUT2D eigenvalue weighted by atomic mass is 79.9. The molecule has 1 N–H and O–H groups in total. The van der Waals surface area contributed by atoms with E-state index in [0.29, 0.717) is 4.47 Å². The molecule has 0 bridgehead atoms. The quantitative estimate of drug-likeness (QED) is 0.887. The van der Waals surface area contributed by atoms with Crippen LogP contribution >= 0.6 is 15.9 Å². The van der Waals surface area contributed by atoms with Crippen LogP contribution in [0, 0.1) is 0 Å². The molecule has 4 nitrogen and oxygen atoms in total. The van der Waals surface area contributed by atoms with Gasteiger partial charge in [-0.1, -0.05) is 0 Å². The zero-order valence-electron chi connectivity index (χ0n) is 6.25. The van der Waals surface area contributed by atoms with Crippen molar-refractivity contribution in [2.75, 3.05) is 0 Å². The Labute approximate surface area is 80.3 Å². The van der Waals surface area contributed by atoms with E-state index >= 15 is 0 Å². The van der Waals surface area contributed by atoms with Crippen LogP contribution in [0.4, 0.5) is 8.78 Å². The van der Waals surface area contributed by atoms with Gasteiger partial charge in [0.1, 0.15) is 6.54 Å². The van der Waals surface area contributed by atoms with Crippen molar-refractivity contribution in [2.45, 2.75) is 12.5 Å². The molecule has 0 aliphatic heterocycles. The lowest BCUT2D eigenvalue weighted by molar-refractivity contribution is -0.167. The van der Waals surface area contributed by atoms with Gasteiger partial charge in [0.25, 0.3) is 0 Å². The Kier molecular flexibility index (Phi) is 2.65. The number of nitrogens with zero attached hydrogens (tertiary/aromatic N) is 2. The summed E-state index contributed by atoms with van der Waals surface area (Å²) in [6.07, 6.45) is 2.58. The van der Waals surface area contributed by atoms with Crippen LogP contribution in [0.1, 0.15) is 0 Å². The molecule has 72 valence electrons. The molecule has 0 saturated carbocycles. The number of carbonyl (C=O) groups is 1. The summed E-state index contributed by atoms with van der Waals surface area (Å²) in [6, 6.07) is 0. The van der Waals surface area contributed by atoms with E-state index in [1.165, 1.54) is 12.4 Å². The molecule has 0 atom stereocenters. The van der Waals surface area contributed by atoms with E-state index in [-0.39, 0.29) is 0 Å². The van der Waals surface area contributed by atoms with E-state index in [4.69, 9.17) is 5.11 Å². The van der Waals surface area contributed by atoms with E-state index in [9.17, 15) is 13.6 Å². The molecule has 1 rings (SSSR count). The average Bonchev–Trinajstić information content (AvgIpc) is 2.34. The molecule has 0 saturated heterocycles. The second-order valence-electron chi connectivity index (χ2n) is 2.37. The fourth-order valence-corrected chi connectivity index (χ4v) is 1.02. The maximum atomic E-state index is 12.6. The summed E-state index contributed by atoms with van der Waals surface area (Å²) in [7, 11) is 0. The fraction of sp³-hybridized carbons (Fsp3) is 0.333. The van der Waals surface area contributed by atoms with E-state index in [0.717, 1.165) is 4.68 Å². The van der Waals surface area contributed by atoms with Crippen molar-refractivity contribution in [2.24, 2.45) is 0 Å². The average molecular weight is 255 g/mol. The molecule has 1 aromatic heterocycles. The third-order valence-electron chi connectivity index (χ3n) is 1.28. The number of alkyl halides is 2. The Morgan fingerprint density at radius 2 is 2.38 bits per heavy atom. The first-order valence-electron chi connectivity index (χ1n) is 3.21. The van der Waals surface area contributed by atoms with Gasteiger partial charge >= 0.3 is 11.9 Å². The van der Waals surface area contributed by atoms with Crippen molar-refractivity contribution in [1.82, 2.24) is 9.78 Å². The number of aliphatic carboxylic acids is 1. The first-order valence-corrected chi connectivity index (χ1v) is 4.00. The molecule has 0 amide bonds. The third-order valence-corrected chi connectivity index (χ3v) is 1.68. The van der Waals surface area contributed by atoms with E-state index < -0.39 is 18.4 Å². The standard InChI is InChI=1S/C6H5BrF2N2O2/c7-4-1-10-11(2-4)3-6(8,9)5(12)13/h1-2H,3H2,(H,12,13). The predicted molar refractivity (Wildman–Crippen MR) is 42.5 cm³/mol. The number of carboxylic acid groups (broad SMARTS) is 1. The highest BCUT2D eigenvalue weighted by Gasteiger charge is 2.39. The van der Waals surface area contributed by atoms with Gasteiger partial charge in [-0.25, -0.2) is 4.79 Å². The van der Waals surface area contributed by atoms with Gasteiger partial charge in [0.2, 0.25) is 0 Å². The Balaban J connectivity index is 2.74. The Bertz CT molecular complexity index is 326. The minimum absolute atomic E-state index is 0.522. The smallest absolute Gasteiger partial charge is 0.376 e. The topological polar surface area (TPSA) is 55.1 Å². The molecule has 0 fully saturated rings. The van der Waals surface area contributed by atoms with Crippen molar-refractivity contribution in [3.05, 3.63) is 16.9 Å². The Morgan fingerprint density at radius 1 is 1.77 bits per heavy atom. The molecule has 13 heavy (non-hydrogen) atoms. The predicted octanol–water partition coefficient (Wildman–Crippen LogP) is 1.37. The minimum atomic E-state index is -3.79. The van der Waals surface area contributed by atoms with Gasteiger partial charge < -0.3 is 5.11 Å². The Morgan fingerprint density at radius 3 is 2.77 bits per heavy atom. The molecule has 0 radical (unpaired) electrons. The molecule has 0 aliphatic carbocycles. The highest BCUT2D eigenvalue weighted by molar-refractivity contribution is 9.10. The summed E-state index contributed by atoms with van der Waals surface area (Å²) >= 11 is 3.00. The SMILES string of the molecule is O=C(O)C(F)(F)Cn1cc(Br)cn1. The molecule has 7 heteroatoms. The van der Waals surface area contributed by atoms with Crippen molar-refractivity contribution >= 4 is 21.9 Å². The normalized spacial score (nSPS) is 11.6. The van der Waals surface area contributed by atoms with Gasteiger partial charge in [0.05, 0.1) is 10.7 Å². The molecule has 0 unspecified atom stereocenters. The number of aromatic nitrogens is 2. The summed E-state index contributed by atoms with van der Waals surface area (Å²) in [5, 5.41) is 11.6. The van der Waals surface area contributed by atoms with Crippen LogP contribution in [0.5, 0.6) is 0 Å². The van der Waals surface area contributed by atoms with Crippen molar-refractivity contribution in [3.63, 3.8) is 0 Å². The van der Waals surface area contributed by atoms with Crippen LogP contribution in [-0.4, -0.2) is 26.8 Å². The zero-order valence-corrected chi connectivity index (χ0v) is 7.83. The van der Waals surface area contributed by atoms with Gasteiger partial charge in [0, 0.05) is 6.20 Å². The van der Waals surface area contributed by atoms with Gasteiger partial charge in [0.15, 0.2) is 0 Å². The lowest BCUT2D eigenvalue weighted by atomic mass is 10.3. The first kappa shape index (κ1) is 10.1. The van der Waals surface area contributed by atoms with Crippen LogP contribution in [0.25, 0.3) is 0 Å². The van der Waals surface area contributed by atoms with Crippen LogP contribution < -0.4 is 0 Å². The van der Waals surface area contributed by atoms with Crippen LogP contribution in [-0.2, 0) is 11.3 Å². The van der Waals surface area contributed by atoms with Gasteiger partial charge in [-0.3, -0.25) is 4.68 Å². The summed E-state index contributed by atoms with van der Waals surface area (Å²) in [4.78, 5) is 10.0. The van der Waals surface area contributed by atoms with Gasteiger partial charge in [-0.15, -0.1) is 0 Å². The maximum absolute atomic E-state index is 12.6. The van der Waals surface area contributed by atoms with Crippen LogP contribution in [0.15, 0.2) is 16.9 Å². The molecule has 1 aromatic rings. The van der Waals surface area contributed by atoms with Gasteiger partial charge in [-0.2, -0.15) is 13.9 Å². The monoisotopic (exact) mass is 254 g/mol. The molecule has 0 aromatic carbocycles. The molecular weight excluding hydrogens is 250 g/mol. The number of halogens is 3. The third kappa shape index (κ3) is 2.48. The largest absolute Gasteiger partial charge is 0.477 e. The number of rotatable bonds is 3. The first-order chi connectivity index (χ1) is 5.92. The lowest BCUT2D eigenvalue weighted by Gasteiger charge is -2.10. The van der Waals surface area contributed by atoms with Gasteiger partial charge in [-0.05, 0) is 15.9 Å². The second kappa shape index (κ2) is 3.41. The number of hydrogen-bond acceptors (Lipinski definition) is 2. The molecule has 0 spiro atoms. The van der Waals surface area contributed by atoms with Crippen molar-refractivity contribution in [1.29, 1.82) is 0 Å². The minimum Gasteiger partial charge on any atom is -0.477 e. The molecule has 0 aliphatic rings. The lowest BCUT2D eigenvalue weighted by Crippen LogP contribution is -2.33.